The maximum absolute atomic E-state index is 13.9. The van der Waals surface area contributed by atoms with Crippen LogP contribution in [-0.2, 0) is 20.8 Å². The van der Waals surface area contributed by atoms with Gasteiger partial charge in [-0.25, -0.2) is 4.98 Å². The van der Waals surface area contributed by atoms with Crippen LogP contribution in [0.1, 0.15) is 42.3 Å². The number of likely N-dealkylation sites (N-methyl/N-ethyl adjacent to an activating group) is 1. The van der Waals surface area contributed by atoms with Crippen LogP contribution in [0.4, 0.5) is 11.5 Å². The van der Waals surface area contributed by atoms with E-state index in [1.54, 1.807) is 74.8 Å². The number of carbonyl (C=O) groups is 4. The van der Waals surface area contributed by atoms with Crippen molar-refractivity contribution in [3.05, 3.63) is 89.6 Å². The van der Waals surface area contributed by atoms with E-state index in [1.807, 2.05) is 26.0 Å². The van der Waals surface area contributed by atoms with Crippen LogP contribution in [0, 0.1) is 5.92 Å². The Labute approximate surface area is 228 Å². The summed E-state index contributed by atoms with van der Waals surface area (Å²) in [6.45, 7) is 5.37. The van der Waals surface area contributed by atoms with Crippen LogP contribution in [0.25, 0.3) is 0 Å². The van der Waals surface area contributed by atoms with Gasteiger partial charge in [-0.15, -0.1) is 0 Å². The number of nitrogens with one attached hydrogen (secondary N) is 3. The van der Waals surface area contributed by atoms with E-state index in [2.05, 4.69) is 20.9 Å². The molecule has 0 aliphatic carbocycles. The number of ketones is 1. The van der Waals surface area contributed by atoms with Gasteiger partial charge in [-0.3, -0.25) is 24.1 Å². The molecule has 3 amide bonds. The molecule has 0 unspecified atom stereocenters. The minimum absolute atomic E-state index is 0.225. The van der Waals surface area contributed by atoms with E-state index in [0.717, 1.165) is 5.56 Å². The number of nitrogens with zero attached hydrogens (tertiary/aromatic N) is 2. The predicted octanol–water partition coefficient (Wildman–Crippen LogP) is 2.96. The van der Waals surface area contributed by atoms with E-state index >= 15 is 0 Å². The summed E-state index contributed by atoms with van der Waals surface area (Å²) in [5.41, 5.74) is 1.94. The maximum Gasteiger partial charge on any atom is 0.251 e. The molecule has 0 fully saturated rings. The molecular formula is C30H33N5O4. The predicted molar refractivity (Wildman–Crippen MR) is 149 cm³/mol. The van der Waals surface area contributed by atoms with Gasteiger partial charge < -0.3 is 16.0 Å². The Morgan fingerprint density at radius 1 is 0.923 bits per heavy atom. The SMILES string of the molecule is CN[C@@H](C)C(=O)N[C@H](C(=O)N1c2ncccc2C[C@@H]1C(=O)Nc1ccccc1C(=O)c1ccccc1)C(C)C. The lowest BCUT2D eigenvalue weighted by molar-refractivity contribution is -0.130. The average molecular weight is 528 g/mol. The first-order valence-electron chi connectivity index (χ1n) is 13.0. The third-order valence-electron chi connectivity index (χ3n) is 6.88. The molecule has 1 aliphatic rings. The molecule has 0 saturated heterocycles. The fraction of sp³-hybridized carbons (Fsp3) is 0.300. The highest BCUT2D eigenvalue weighted by molar-refractivity contribution is 6.15. The van der Waals surface area contributed by atoms with E-state index in [9.17, 15) is 19.2 Å². The Morgan fingerprint density at radius 3 is 2.31 bits per heavy atom. The number of aromatic nitrogens is 1. The maximum atomic E-state index is 13.9. The van der Waals surface area contributed by atoms with Crippen molar-refractivity contribution in [3.8, 4) is 0 Å². The molecule has 3 N–H and O–H groups in total. The average Bonchev–Trinajstić information content (AvgIpc) is 3.35. The molecule has 4 rings (SSSR count). The lowest BCUT2D eigenvalue weighted by Gasteiger charge is -2.31. The van der Waals surface area contributed by atoms with Crippen molar-refractivity contribution in [3.63, 3.8) is 0 Å². The third-order valence-corrected chi connectivity index (χ3v) is 6.88. The normalized spacial score (nSPS) is 15.8. The molecule has 1 aliphatic heterocycles. The minimum atomic E-state index is -0.915. The highest BCUT2D eigenvalue weighted by Gasteiger charge is 2.43. The number of para-hydroxylation sites is 1. The van der Waals surface area contributed by atoms with Crippen LogP contribution in [0.2, 0.25) is 0 Å². The van der Waals surface area contributed by atoms with Gasteiger partial charge in [-0.2, -0.15) is 0 Å². The zero-order valence-corrected chi connectivity index (χ0v) is 22.5. The van der Waals surface area contributed by atoms with Gasteiger partial charge in [0, 0.05) is 23.7 Å². The lowest BCUT2D eigenvalue weighted by atomic mass is 10.0. The second-order valence-corrected chi connectivity index (χ2v) is 9.88. The number of anilines is 2. The van der Waals surface area contributed by atoms with Gasteiger partial charge in [0.1, 0.15) is 17.9 Å². The van der Waals surface area contributed by atoms with Crippen molar-refractivity contribution in [2.45, 2.75) is 45.3 Å². The van der Waals surface area contributed by atoms with Crippen LogP contribution in [-0.4, -0.2) is 53.7 Å². The molecule has 0 saturated carbocycles. The number of hydrogen-bond donors (Lipinski definition) is 3. The molecule has 3 atom stereocenters. The number of hydrogen-bond acceptors (Lipinski definition) is 6. The summed E-state index contributed by atoms with van der Waals surface area (Å²) < 4.78 is 0. The topological polar surface area (TPSA) is 120 Å². The molecule has 2 heterocycles. The van der Waals surface area contributed by atoms with Crippen LogP contribution in [0.5, 0.6) is 0 Å². The number of rotatable bonds is 9. The van der Waals surface area contributed by atoms with Gasteiger partial charge in [-0.1, -0.05) is 62.4 Å². The summed E-state index contributed by atoms with van der Waals surface area (Å²) in [5, 5.41) is 8.58. The van der Waals surface area contributed by atoms with Crippen molar-refractivity contribution < 1.29 is 19.2 Å². The molecule has 1 aromatic heterocycles. The fourth-order valence-corrected chi connectivity index (χ4v) is 4.55. The first-order chi connectivity index (χ1) is 18.7. The summed E-state index contributed by atoms with van der Waals surface area (Å²) in [6.07, 6.45) is 1.82. The highest BCUT2D eigenvalue weighted by atomic mass is 16.2. The Balaban J connectivity index is 1.64. The number of pyridine rings is 1. The lowest BCUT2D eigenvalue weighted by Crippen LogP contribution is -2.57. The number of benzene rings is 2. The number of fused-ring (bicyclic) bond motifs is 1. The largest absolute Gasteiger partial charge is 0.343 e. The Kier molecular flexibility index (Phi) is 8.51. The summed E-state index contributed by atoms with van der Waals surface area (Å²) >= 11 is 0. The van der Waals surface area contributed by atoms with E-state index in [4.69, 9.17) is 0 Å². The first-order valence-corrected chi connectivity index (χ1v) is 13.0. The van der Waals surface area contributed by atoms with E-state index < -0.39 is 29.9 Å². The quantitative estimate of drug-likeness (QED) is 0.368. The number of amides is 3. The number of carbonyl (C=O) groups excluding carboxylic acids is 4. The van der Waals surface area contributed by atoms with Gasteiger partial charge >= 0.3 is 0 Å². The molecule has 2 aromatic carbocycles. The van der Waals surface area contributed by atoms with Crippen molar-refractivity contribution >= 4 is 35.0 Å². The third kappa shape index (κ3) is 5.88. The van der Waals surface area contributed by atoms with Crippen molar-refractivity contribution in [1.29, 1.82) is 0 Å². The van der Waals surface area contributed by atoms with Crippen molar-refractivity contribution in [2.24, 2.45) is 5.92 Å². The van der Waals surface area contributed by atoms with Crippen LogP contribution in [0.3, 0.4) is 0 Å². The Hall–Kier alpha value is -4.37. The molecule has 39 heavy (non-hydrogen) atoms. The summed E-state index contributed by atoms with van der Waals surface area (Å²) in [5.74, 6) is -1.28. The highest BCUT2D eigenvalue weighted by Crippen LogP contribution is 2.32. The molecule has 0 spiro atoms. The van der Waals surface area contributed by atoms with Crippen LogP contribution >= 0.6 is 0 Å². The summed E-state index contributed by atoms with van der Waals surface area (Å²) in [4.78, 5) is 59.3. The van der Waals surface area contributed by atoms with Crippen molar-refractivity contribution in [2.75, 3.05) is 17.3 Å². The van der Waals surface area contributed by atoms with Crippen LogP contribution in [0.15, 0.2) is 72.9 Å². The molecule has 202 valence electrons. The van der Waals surface area contributed by atoms with Crippen molar-refractivity contribution in [1.82, 2.24) is 15.6 Å². The molecule has 9 heteroatoms. The van der Waals surface area contributed by atoms with E-state index in [1.165, 1.54) is 4.90 Å². The van der Waals surface area contributed by atoms with Gasteiger partial charge in [0.05, 0.1) is 11.7 Å². The molecule has 9 nitrogen and oxygen atoms in total. The van der Waals surface area contributed by atoms with Gasteiger partial charge in [0.2, 0.25) is 11.8 Å². The zero-order valence-electron chi connectivity index (χ0n) is 22.5. The van der Waals surface area contributed by atoms with Gasteiger partial charge in [0.15, 0.2) is 5.78 Å². The smallest absolute Gasteiger partial charge is 0.251 e. The van der Waals surface area contributed by atoms with E-state index in [0.29, 0.717) is 22.6 Å². The summed E-state index contributed by atoms with van der Waals surface area (Å²) in [6, 6.07) is 16.9. The Morgan fingerprint density at radius 2 is 1.62 bits per heavy atom. The minimum Gasteiger partial charge on any atom is -0.343 e. The second-order valence-electron chi connectivity index (χ2n) is 9.88. The molecule has 3 aromatic rings. The van der Waals surface area contributed by atoms with Crippen LogP contribution < -0.4 is 20.9 Å². The zero-order chi connectivity index (χ0) is 28.1. The Bertz CT molecular complexity index is 1370. The summed E-state index contributed by atoms with van der Waals surface area (Å²) in [7, 11) is 1.66. The molecule has 0 radical (unpaired) electrons. The second kappa shape index (κ2) is 12.0. The fourth-order valence-electron chi connectivity index (χ4n) is 4.55. The standard InChI is InChI=1S/C30H33N5O4/c1-18(2)25(34-28(37)19(3)31-4)30(39)35-24(17-21-13-10-16-32-27(21)35)29(38)33-23-15-9-8-14-22(23)26(36)20-11-6-5-7-12-20/h5-16,18-19,24-25,31H,17H2,1-4H3,(H,33,38)(H,34,37)/t19-,24+,25-/m0/s1. The first kappa shape index (κ1) is 27.7. The van der Waals surface area contributed by atoms with Gasteiger partial charge in [-0.05, 0) is 43.7 Å². The van der Waals surface area contributed by atoms with E-state index in [-0.39, 0.29) is 24.0 Å². The molecular weight excluding hydrogens is 494 g/mol. The monoisotopic (exact) mass is 527 g/mol. The molecule has 0 bridgehead atoms. The van der Waals surface area contributed by atoms with Gasteiger partial charge in [0.25, 0.3) is 5.91 Å².